The Hall–Kier alpha value is -2.21. The van der Waals surface area contributed by atoms with Gasteiger partial charge in [0.05, 0.1) is 11.8 Å². The maximum Gasteiger partial charge on any atom is 0.334 e. The Bertz CT molecular complexity index is 642. The highest BCUT2D eigenvalue weighted by molar-refractivity contribution is 5.91. The lowest BCUT2D eigenvalue weighted by atomic mass is 9.84. The highest BCUT2D eigenvalue weighted by atomic mass is 16.6. The van der Waals surface area contributed by atoms with Crippen LogP contribution in [0.3, 0.4) is 0 Å². The summed E-state index contributed by atoms with van der Waals surface area (Å²) in [5.74, 6) is -2.33. The standard InChI is InChI=1S/C19H24O6/c1-10(2)18(22)25-17-13(9-20)7-5-6-11(3)8-14-15(16(17)21)12(4)19(23)24-14/h7-10,14-17,21H,4-6H2,1-3H3/b11-8+,13-7?. The number of aldehydes is 1. The van der Waals surface area contributed by atoms with E-state index >= 15 is 0 Å². The summed E-state index contributed by atoms with van der Waals surface area (Å²) in [7, 11) is 0. The van der Waals surface area contributed by atoms with Gasteiger partial charge in [-0.15, -0.1) is 0 Å². The summed E-state index contributed by atoms with van der Waals surface area (Å²) in [5.41, 5.74) is 1.27. The highest BCUT2D eigenvalue weighted by Gasteiger charge is 2.46. The molecule has 1 fully saturated rings. The molecule has 6 heteroatoms. The number of carbonyl (C=O) groups excluding carboxylic acids is 3. The molecule has 0 aromatic rings. The first kappa shape index (κ1) is 19.1. The Morgan fingerprint density at radius 3 is 2.76 bits per heavy atom. The molecule has 2 rings (SSSR count). The van der Waals surface area contributed by atoms with E-state index in [1.165, 1.54) is 0 Å². The number of aliphatic hydroxyl groups is 1. The maximum absolute atomic E-state index is 12.1. The minimum atomic E-state index is -1.31. The zero-order valence-corrected chi connectivity index (χ0v) is 14.7. The molecule has 1 saturated heterocycles. The largest absolute Gasteiger partial charge is 0.454 e. The molecule has 25 heavy (non-hydrogen) atoms. The van der Waals surface area contributed by atoms with Gasteiger partial charge >= 0.3 is 11.9 Å². The van der Waals surface area contributed by atoms with Crippen molar-refractivity contribution in [3.63, 3.8) is 0 Å². The lowest BCUT2D eigenvalue weighted by Gasteiger charge is -2.30. The fourth-order valence-electron chi connectivity index (χ4n) is 2.99. The van der Waals surface area contributed by atoms with Gasteiger partial charge < -0.3 is 14.6 Å². The zero-order valence-electron chi connectivity index (χ0n) is 14.7. The number of hydrogen-bond acceptors (Lipinski definition) is 6. The van der Waals surface area contributed by atoms with Crippen LogP contribution in [-0.2, 0) is 23.9 Å². The van der Waals surface area contributed by atoms with Gasteiger partial charge in [0, 0.05) is 11.1 Å². The third kappa shape index (κ3) is 4.07. The third-order valence-electron chi connectivity index (χ3n) is 4.49. The molecule has 1 aliphatic carbocycles. The summed E-state index contributed by atoms with van der Waals surface area (Å²) in [6, 6.07) is 0. The molecule has 1 heterocycles. The van der Waals surface area contributed by atoms with E-state index < -0.39 is 42.1 Å². The van der Waals surface area contributed by atoms with Crippen LogP contribution in [0, 0.1) is 11.8 Å². The lowest BCUT2D eigenvalue weighted by molar-refractivity contribution is -0.158. The van der Waals surface area contributed by atoms with Crippen LogP contribution >= 0.6 is 0 Å². The maximum atomic E-state index is 12.1. The lowest BCUT2D eigenvalue weighted by Crippen LogP contribution is -2.42. The molecule has 2 aliphatic rings. The number of hydrogen-bond donors (Lipinski definition) is 1. The summed E-state index contributed by atoms with van der Waals surface area (Å²) in [6.07, 6.45) is 2.05. The molecule has 0 amide bonds. The summed E-state index contributed by atoms with van der Waals surface area (Å²) in [6.45, 7) is 8.93. The van der Waals surface area contributed by atoms with E-state index in [4.69, 9.17) is 9.47 Å². The molecular formula is C19H24O6. The van der Waals surface area contributed by atoms with Crippen LogP contribution < -0.4 is 0 Å². The van der Waals surface area contributed by atoms with Crippen LogP contribution in [0.15, 0.2) is 35.5 Å². The minimum absolute atomic E-state index is 0.109. The molecule has 4 unspecified atom stereocenters. The van der Waals surface area contributed by atoms with Crippen LogP contribution in [0.25, 0.3) is 0 Å². The third-order valence-corrected chi connectivity index (χ3v) is 4.49. The van der Waals surface area contributed by atoms with Gasteiger partial charge in [-0.1, -0.05) is 32.1 Å². The Balaban J connectivity index is 2.46. The van der Waals surface area contributed by atoms with Gasteiger partial charge in [0.25, 0.3) is 0 Å². The molecule has 0 aromatic heterocycles. The van der Waals surface area contributed by atoms with Crippen molar-refractivity contribution >= 4 is 18.2 Å². The van der Waals surface area contributed by atoms with Gasteiger partial charge in [0.2, 0.25) is 0 Å². The van der Waals surface area contributed by atoms with Gasteiger partial charge in [0.15, 0.2) is 6.10 Å². The van der Waals surface area contributed by atoms with Crippen molar-refractivity contribution in [3.05, 3.63) is 35.5 Å². The van der Waals surface area contributed by atoms with Gasteiger partial charge in [0.1, 0.15) is 18.5 Å². The Morgan fingerprint density at radius 2 is 2.16 bits per heavy atom. The molecule has 0 spiro atoms. The van der Waals surface area contributed by atoms with Crippen LogP contribution in [0.5, 0.6) is 0 Å². The minimum Gasteiger partial charge on any atom is -0.454 e. The van der Waals surface area contributed by atoms with E-state index in [1.54, 1.807) is 26.0 Å². The molecule has 4 atom stereocenters. The monoisotopic (exact) mass is 348 g/mol. The van der Waals surface area contributed by atoms with Crippen molar-refractivity contribution in [1.82, 2.24) is 0 Å². The fourth-order valence-corrected chi connectivity index (χ4v) is 2.99. The molecule has 1 aliphatic heterocycles. The number of carbonyl (C=O) groups is 3. The topological polar surface area (TPSA) is 89.9 Å². The molecule has 136 valence electrons. The van der Waals surface area contributed by atoms with E-state index in [0.717, 1.165) is 5.57 Å². The second kappa shape index (κ2) is 7.78. The predicted octanol–water partition coefficient (Wildman–Crippen LogP) is 1.88. The second-order valence-electron chi connectivity index (χ2n) is 6.80. The first-order valence-corrected chi connectivity index (χ1v) is 8.37. The molecule has 0 saturated carbocycles. The first-order valence-electron chi connectivity index (χ1n) is 8.37. The average Bonchev–Trinajstić information content (AvgIpc) is 2.82. The van der Waals surface area contributed by atoms with E-state index in [2.05, 4.69) is 6.58 Å². The van der Waals surface area contributed by atoms with Gasteiger partial charge in [-0.3, -0.25) is 9.59 Å². The normalized spacial score (nSPS) is 32.2. The molecule has 0 radical (unpaired) electrons. The van der Waals surface area contributed by atoms with Crippen LogP contribution in [0.4, 0.5) is 0 Å². The molecule has 1 N–H and O–H groups in total. The van der Waals surface area contributed by atoms with E-state index in [1.807, 2.05) is 6.92 Å². The molecule has 0 bridgehead atoms. The highest BCUT2D eigenvalue weighted by Crippen LogP contribution is 2.35. The summed E-state index contributed by atoms with van der Waals surface area (Å²) >= 11 is 0. The number of allylic oxidation sites excluding steroid dienone is 2. The number of rotatable bonds is 3. The number of ether oxygens (including phenoxy) is 2. The smallest absolute Gasteiger partial charge is 0.334 e. The number of aliphatic hydroxyl groups excluding tert-OH is 1. The van der Waals surface area contributed by atoms with Crippen molar-refractivity contribution in [2.45, 2.75) is 51.9 Å². The van der Waals surface area contributed by atoms with Gasteiger partial charge in [-0.05, 0) is 25.8 Å². The SMILES string of the molecule is C=C1C(=O)OC2/C=C(\C)CCC=C(C=O)C(OC(=O)C(C)C)C(O)C12. The van der Waals surface area contributed by atoms with Crippen LogP contribution in [0.1, 0.15) is 33.6 Å². The van der Waals surface area contributed by atoms with Gasteiger partial charge in [-0.25, -0.2) is 4.79 Å². The van der Waals surface area contributed by atoms with Crippen molar-refractivity contribution in [1.29, 1.82) is 0 Å². The second-order valence-corrected chi connectivity index (χ2v) is 6.80. The predicted molar refractivity (Wildman–Crippen MR) is 90.4 cm³/mol. The fraction of sp³-hybridized carbons (Fsp3) is 0.526. The van der Waals surface area contributed by atoms with E-state index in [-0.39, 0.29) is 11.1 Å². The summed E-state index contributed by atoms with van der Waals surface area (Å²) in [4.78, 5) is 35.5. The zero-order chi connectivity index (χ0) is 18.7. The van der Waals surface area contributed by atoms with Crippen molar-refractivity contribution in [2.75, 3.05) is 0 Å². The van der Waals surface area contributed by atoms with Gasteiger partial charge in [-0.2, -0.15) is 0 Å². The van der Waals surface area contributed by atoms with Crippen molar-refractivity contribution in [3.8, 4) is 0 Å². The molecule has 6 nitrogen and oxygen atoms in total. The average molecular weight is 348 g/mol. The van der Waals surface area contributed by atoms with Crippen molar-refractivity contribution < 1.29 is 29.0 Å². The van der Waals surface area contributed by atoms with Crippen molar-refractivity contribution in [2.24, 2.45) is 11.8 Å². The Morgan fingerprint density at radius 1 is 1.48 bits per heavy atom. The van der Waals surface area contributed by atoms with E-state index in [9.17, 15) is 19.5 Å². The Kier molecular flexibility index (Phi) is 5.95. The van der Waals surface area contributed by atoms with Crippen LogP contribution in [0.2, 0.25) is 0 Å². The molecule has 0 aromatic carbocycles. The Labute approximate surface area is 147 Å². The van der Waals surface area contributed by atoms with Crippen LogP contribution in [-0.4, -0.2) is 41.6 Å². The quantitative estimate of drug-likeness (QED) is 0.362. The molecular weight excluding hydrogens is 324 g/mol. The summed E-state index contributed by atoms with van der Waals surface area (Å²) in [5, 5.41) is 10.9. The first-order chi connectivity index (χ1) is 11.8. The number of fused-ring (bicyclic) bond motifs is 1. The number of esters is 2. The summed E-state index contributed by atoms with van der Waals surface area (Å²) < 4.78 is 10.7. The van der Waals surface area contributed by atoms with E-state index in [0.29, 0.717) is 19.1 Å².